The van der Waals surface area contributed by atoms with Crippen molar-refractivity contribution in [1.82, 2.24) is 0 Å². The van der Waals surface area contributed by atoms with Gasteiger partial charge in [0.2, 0.25) is 0 Å². The van der Waals surface area contributed by atoms with Crippen LogP contribution in [0.2, 0.25) is 0 Å². The Kier molecular flexibility index (Phi) is 6.05. The van der Waals surface area contributed by atoms with Crippen LogP contribution < -0.4 is 9.80 Å². The number of aryl methyl sites for hydroxylation is 1. The van der Waals surface area contributed by atoms with Crippen molar-refractivity contribution in [1.29, 1.82) is 0 Å². The van der Waals surface area contributed by atoms with Crippen LogP contribution in [0.25, 0.3) is 0 Å². The molecule has 1 aliphatic heterocycles. The number of rotatable bonds is 5. The van der Waals surface area contributed by atoms with Crippen LogP contribution in [-0.4, -0.2) is 20.2 Å². The van der Waals surface area contributed by atoms with Gasteiger partial charge >= 0.3 is 5.97 Å². The van der Waals surface area contributed by atoms with Gasteiger partial charge in [0.25, 0.3) is 0 Å². The third-order valence-corrected chi connectivity index (χ3v) is 5.36. The average molecular weight is 415 g/mol. The molecular formula is C26H25NO4. The molecule has 0 amide bonds. The predicted octanol–water partition coefficient (Wildman–Crippen LogP) is 5.34. The molecule has 5 heteroatoms. The molecule has 0 fully saturated rings. The number of methoxy groups -OCH3 is 2. The van der Waals surface area contributed by atoms with E-state index in [1.54, 1.807) is 12.2 Å². The zero-order valence-corrected chi connectivity index (χ0v) is 17.8. The van der Waals surface area contributed by atoms with Gasteiger partial charge in [0.1, 0.15) is 17.9 Å². The number of carbonyl (C=O) groups is 1. The first-order valence-corrected chi connectivity index (χ1v) is 10.1. The Morgan fingerprint density at radius 2 is 1.55 bits per heavy atom. The van der Waals surface area contributed by atoms with Gasteiger partial charge in [-0.3, -0.25) is 4.84 Å². The van der Waals surface area contributed by atoms with Crippen LogP contribution in [-0.2, 0) is 14.4 Å². The summed E-state index contributed by atoms with van der Waals surface area (Å²) in [6, 6.07) is 25.0. The van der Waals surface area contributed by atoms with E-state index in [-0.39, 0.29) is 5.97 Å². The number of nitrogens with zero attached hydrogens (tertiary/aromatic N) is 1. The van der Waals surface area contributed by atoms with Gasteiger partial charge in [-0.05, 0) is 48.4 Å². The van der Waals surface area contributed by atoms with Crippen molar-refractivity contribution in [2.45, 2.75) is 19.1 Å². The minimum absolute atomic E-state index is 0.387. The van der Waals surface area contributed by atoms with E-state index in [1.807, 2.05) is 91.9 Å². The monoisotopic (exact) mass is 415 g/mol. The van der Waals surface area contributed by atoms with Crippen LogP contribution in [0.1, 0.15) is 28.8 Å². The third kappa shape index (κ3) is 4.32. The molecule has 0 saturated carbocycles. The van der Waals surface area contributed by atoms with Crippen molar-refractivity contribution < 1.29 is 19.1 Å². The molecule has 0 spiro atoms. The van der Waals surface area contributed by atoms with E-state index < -0.39 is 12.1 Å². The van der Waals surface area contributed by atoms with E-state index >= 15 is 0 Å². The van der Waals surface area contributed by atoms with Crippen molar-refractivity contribution in [2.75, 3.05) is 19.3 Å². The highest BCUT2D eigenvalue weighted by Crippen LogP contribution is 2.42. The Balaban J connectivity index is 1.86. The lowest BCUT2D eigenvalue weighted by atomic mass is 9.93. The van der Waals surface area contributed by atoms with E-state index in [1.165, 1.54) is 7.11 Å². The Hall–Kier alpha value is -3.57. The molecule has 5 nitrogen and oxygen atoms in total. The van der Waals surface area contributed by atoms with E-state index in [0.717, 1.165) is 28.1 Å². The lowest BCUT2D eigenvalue weighted by Gasteiger charge is -2.39. The fraction of sp³-hybridized carbons (Fsp3) is 0.192. The van der Waals surface area contributed by atoms with Crippen molar-refractivity contribution >= 4 is 11.7 Å². The highest BCUT2D eigenvalue weighted by Gasteiger charge is 2.37. The summed E-state index contributed by atoms with van der Waals surface area (Å²) >= 11 is 0. The average Bonchev–Trinajstić information content (AvgIpc) is 2.84. The molecule has 0 aromatic heterocycles. The number of carbonyl (C=O) groups excluding carboxylic acids is 1. The van der Waals surface area contributed by atoms with Gasteiger partial charge < -0.3 is 9.47 Å². The second-order valence-corrected chi connectivity index (χ2v) is 7.39. The fourth-order valence-electron chi connectivity index (χ4n) is 3.69. The molecule has 2 atom stereocenters. The maximum atomic E-state index is 12.9. The zero-order chi connectivity index (χ0) is 21.8. The smallest absolute Gasteiger partial charge is 0.336 e. The lowest BCUT2D eigenvalue weighted by Crippen LogP contribution is -2.37. The van der Waals surface area contributed by atoms with Crippen molar-refractivity contribution in [2.24, 2.45) is 0 Å². The number of hydrogen-bond donors (Lipinski definition) is 0. The van der Waals surface area contributed by atoms with Gasteiger partial charge in [0, 0.05) is 0 Å². The van der Waals surface area contributed by atoms with Gasteiger partial charge in [-0.2, -0.15) is 0 Å². The summed E-state index contributed by atoms with van der Waals surface area (Å²) in [6.45, 7) is 2.04. The summed E-state index contributed by atoms with van der Waals surface area (Å²) in [4.78, 5) is 19.3. The number of hydrogen-bond acceptors (Lipinski definition) is 5. The zero-order valence-electron chi connectivity index (χ0n) is 17.8. The number of hydroxylamine groups is 1. The summed E-state index contributed by atoms with van der Waals surface area (Å²) < 4.78 is 10.5. The quantitative estimate of drug-likeness (QED) is 0.527. The lowest BCUT2D eigenvalue weighted by molar-refractivity contribution is -0.137. The molecule has 0 radical (unpaired) electrons. The number of anilines is 1. The van der Waals surface area contributed by atoms with Gasteiger partial charge in [-0.25, -0.2) is 9.86 Å². The van der Waals surface area contributed by atoms with Crippen LogP contribution in [0.15, 0.2) is 90.5 Å². The molecule has 31 heavy (non-hydrogen) atoms. The molecule has 0 N–H and O–H groups in total. The number of benzene rings is 3. The molecule has 4 rings (SSSR count). The van der Waals surface area contributed by atoms with Crippen molar-refractivity contribution in [3.8, 4) is 5.75 Å². The highest BCUT2D eigenvalue weighted by atomic mass is 16.7. The SMILES string of the molecule is COC(=O)C1=C[C@H](c2ccccc2)ON(c2ccc(C)cc2)[C@@H]1c1ccc(OC)cc1. The summed E-state index contributed by atoms with van der Waals surface area (Å²) in [5.41, 5.74) is 4.36. The molecular weight excluding hydrogens is 390 g/mol. The Morgan fingerprint density at radius 1 is 0.871 bits per heavy atom. The molecule has 158 valence electrons. The van der Waals surface area contributed by atoms with E-state index in [2.05, 4.69) is 0 Å². The first kappa shape index (κ1) is 20.7. The minimum Gasteiger partial charge on any atom is -0.497 e. The van der Waals surface area contributed by atoms with Gasteiger partial charge in [-0.15, -0.1) is 0 Å². The summed E-state index contributed by atoms with van der Waals surface area (Å²) in [5, 5.41) is 1.80. The van der Waals surface area contributed by atoms with Crippen molar-refractivity contribution in [3.63, 3.8) is 0 Å². The van der Waals surface area contributed by atoms with E-state index in [0.29, 0.717) is 5.57 Å². The molecule has 1 heterocycles. The van der Waals surface area contributed by atoms with Crippen molar-refractivity contribution in [3.05, 3.63) is 107 Å². The molecule has 0 aliphatic carbocycles. The second kappa shape index (κ2) is 9.06. The molecule has 0 bridgehead atoms. The van der Waals surface area contributed by atoms with Gasteiger partial charge in [0.05, 0.1) is 25.5 Å². The third-order valence-electron chi connectivity index (χ3n) is 5.36. The number of ether oxygens (including phenoxy) is 2. The minimum atomic E-state index is -0.471. The fourth-order valence-corrected chi connectivity index (χ4v) is 3.69. The van der Waals surface area contributed by atoms with Crippen LogP contribution >= 0.6 is 0 Å². The second-order valence-electron chi connectivity index (χ2n) is 7.39. The summed E-state index contributed by atoms with van der Waals surface area (Å²) in [7, 11) is 3.03. The number of esters is 1. The first-order valence-electron chi connectivity index (χ1n) is 10.1. The van der Waals surface area contributed by atoms with Gasteiger partial charge in [0.15, 0.2) is 0 Å². The van der Waals surface area contributed by atoms with E-state index in [9.17, 15) is 4.79 Å². The maximum absolute atomic E-state index is 12.9. The normalized spacial score (nSPS) is 18.3. The maximum Gasteiger partial charge on any atom is 0.336 e. The van der Waals surface area contributed by atoms with Gasteiger partial charge in [-0.1, -0.05) is 60.2 Å². The Morgan fingerprint density at radius 3 is 2.16 bits per heavy atom. The Labute approximate surface area is 182 Å². The first-order chi connectivity index (χ1) is 15.1. The topological polar surface area (TPSA) is 48.0 Å². The highest BCUT2D eigenvalue weighted by molar-refractivity contribution is 5.91. The Bertz CT molecular complexity index is 1060. The molecule has 0 saturated heterocycles. The van der Waals surface area contributed by atoms with Crippen LogP contribution in [0.3, 0.4) is 0 Å². The van der Waals surface area contributed by atoms with E-state index in [4.69, 9.17) is 14.3 Å². The van der Waals surface area contributed by atoms with Crippen LogP contribution in [0.5, 0.6) is 5.75 Å². The van der Waals surface area contributed by atoms with Crippen LogP contribution in [0.4, 0.5) is 5.69 Å². The molecule has 0 unspecified atom stereocenters. The summed E-state index contributed by atoms with van der Waals surface area (Å²) in [6.07, 6.45) is 1.42. The molecule has 1 aliphatic rings. The van der Waals surface area contributed by atoms with Crippen LogP contribution in [0, 0.1) is 6.92 Å². The largest absolute Gasteiger partial charge is 0.497 e. The predicted molar refractivity (Wildman–Crippen MR) is 120 cm³/mol. The molecule has 3 aromatic rings. The molecule has 3 aromatic carbocycles. The summed E-state index contributed by atoms with van der Waals surface area (Å²) in [5.74, 6) is 0.357. The standard InChI is InChI=1S/C26H25NO4/c1-18-9-13-21(14-10-18)27-25(20-11-15-22(29-2)16-12-20)23(26(28)30-3)17-24(31-27)19-7-5-4-6-8-19/h4-17,24-25H,1-3H3/t24-,25-/m1/s1.